The van der Waals surface area contributed by atoms with E-state index in [-0.39, 0.29) is 11.8 Å². The lowest BCUT2D eigenvalue weighted by Gasteiger charge is -1.90. The van der Waals surface area contributed by atoms with Crippen LogP contribution in [0.25, 0.3) is 0 Å². The van der Waals surface area contributed by atoms with Crippen LogP contribution in [0.2, 0.25) is 0 Å². The summed E-state index contributed by atoms with van der Waals surface area (Å²) in [6.45, 7) is 16.5. The average molecular weight is 240 g/mol. The molecule has 2 N–H and O–H groups in total. The third-order valence-corrected chi connectivity index (χ3v) is 0.968. The summed E-state index contributed by atoms with van der Waals surface area (Å²) in [7, 11) is 1.56. The molecule has 17 heavy (non-hydrogen) atoms. The Balaban J connectivity index is -0.000000180. The van der Waals surface area contributed by atoms with Crippen LogP contribution in [0.1, 0.15) is 20.8 Å². The SMILES string of the molecule is C=C(C)C.C=CC(=O)NC.C=CC(=O)NCC. The summed E-state index contributed by atoms with van der Waals surface area (Å²) in [5, 5.41) is 4.90. The van der Waals surface area contributed by atoms with Crippen LogP contribution < -0.4 is 10.6 Å². The molecule has 4 nitrogen and oxygen atoms in total. The van der Waals surface area contributed by atoms with Gasteiger partial charge in [-0.3, -0.25) is 9.59 Å². The zero-order chi connectivity index (χ0) is 14.3. The Morgan fingerprint density at radius 2 is 1.47 bits per heavy atom. The molecule has 0 aliphatic carbocycles. The molecule has 98 valence electrons. The molecule has 0 saturated heterocycles. The quantitative estimate of drug-likeness (QED) is 0.584. The number of allylic oxidation sites excluding steroid dienone is 1. The Bertz CT molecular complexity index is 254. The van der Waals surface area contributed by atoms with Crippen molar-refractivity contribution in [2.45, 2.75) is 20.8 Å². The second kappa shape index (κ2) is 16.6. The second-order valence-corrected chi connectivity index (χ2v) is 3.12. The summed E-state index contributed by atoms with van der Waals surface area (Å²) in [5.41, 5.74) is 1.17. The van der Waals surface area contributed by atoms with Gasteiger partial charge in [0.1, 0.15) is 0 Å². The van der Waals surface area contributed by atoms with E-state index >= 15 is 0 Å². The molecule has 0 aromatic heterocycles. The molecule has 0 heterocycles. The summed E-state index contributed by atoms with van der Waals surface area (Å²) < 4.78 is 0. The Kier molecular flexibility index (Phi) is 20.1. The molecule has 0 radical (unpaired) electrons. The topological polar surface area (TPSA) is 58.2 Å². The predicted octanol–water partition coefficient (Wildman–Crippen LogP) is 1.81. The molecule has 4 heteroatoms. The van der Waals surface area contributed by atoms with Gasteiger partial charge in [0.25, 0.3) is 0 Å². The van der Waals surface area contributed by atoms with Gasteiger partial charge in [-0.25, -0.2) is 0 Å². The standard InChI is InChI=1S/C5H9NO.C4H7NO.C4H8/c1-3-5(7)6-4-2;1-3-4(6)5-2;1-4(2)3/h3H,1,4H2,2H3,(H,6,7);3H,1H2,2H3,(H,5,6);1H2,2-3H3. The number of carbonyl (C=O) groups excluding carboxylic acids is 2. The van der Waals surface area contributed by atoms with Gasteiger partial charge in [-0.2, -0.15) is 0 Å². The predicted molar refractivity (Wildman–Crippen MR) is 73.6 cm³/mol. The molecule has 0 spiro atoms. The maximum Gasteiger partial charge on any atom is 0.243 e. The lowest BCUT2D eigenvalue weighted by Crippen LogP contribution is -2.19. The van der Waals surface area contributed by atoms with Gasteiger partial charge in [0.2, 0.25) is 11.8 Å². The number of likely N-dealkylation sites (N-methyl/N-ethyl adjacent to an activating group) is 2. The second-order valence-electron chi connectivity index (χ2n) is 3.12. The molecule has 2 amide bonds. The monoisotopic (exact) mass is 240 g/mol. The smallest absolute Gasteiger partial charge is 0.243 e. The summed E-state index contributed by atoms with van der Waals surface area (Å²) in [5.74, 6) is -0.252. The lowest BCUT2D eigenvalue weighted by atomic mass is 10.4. The number of rotatable bonds is 3. The van der Waals surface area contributed by atoms with E-state index in [9.17, 15) is 9.59 Å². The maximum absolute atomic E-state index is 10.2. The number of amides is 2. The van der Waals surface area contributed by atoms with Crippen LogP contribution >= 0.6 is 0 Å². The van der Waals surface area contributed by atoms with Gasteiger partial charge in [-0.15, -0.1) is 6.58 Å². The maximum atomic E-state index is 10.2. The normalized spacial score (nSPS) is 7.06. The Morgan fingerprint density at radius 3 is 1.53 bits per heavy atom. The van der Waals surface area contributed by atoms with E-state index in [0.29, 0.717) is 6.54 Å². The van der Waals surface area contributed by atoms with Crippen molar-refractivity contribution in [2.75, 3.05) is 13.6 Å². The first-order valence-electron chi connectivity index (χ1n) is 5.22. The fraction of sp³-hybridized carbons (Fsp3) is 0.385. The molecule has 0 unspecified atom stereocenters. The molecule has 0 rings (SSSR count). The van der Waals surface area contributed by atoms with E-state index in [1.54, 1.807) is 7.05 Å². The fourth-order valence-electron chi connectivity index (χ4n) is 0.348. The first-order valence-corrected chi connectivity index (χ1v) is 5.22. The van der Waals surface area contributed by atoms with Gasteiger partial charge in [-0.05, 0) is 32.9 Å². The highest BCUT2D eigenvalue weighted by Gasteiger charge is 1.83. The van der Waals surface area contributed by atoms with E-state index in [0.717, 1.165) is 0 Å². The number of carbonyl (C=O) groups is 2. The third kappa shape index (κ3) is 40.8. The number of hydrogen-bond donors (Lipinski definition) is 2. The fourth-order valence-corrected chi connectivity index (χ4v) is 0.348. The molecule has 0 saturated carbocycles. The van der Waals surface area contributed by atoms with Gasteiger partial charge in [-0.1, -0.05) is 18.7 Å². The van der Waals surface area contributed by atoms with E-state index < -0.39 is 0 Å². The van der Waals surface area contributed by atoms with Crippen molar-refractivity contribution in [3.8, 4) is 0 Å². The van der Waals surface area contributed by atoms with Gasteiger partial charge >= 0.3 is 0 Å². The molecule has 0 aromatic rings. The van der Waals surface area contributed by atoms with Crippen molar-refractivity contribution in [1.29, 1.82) is 0 Å². The van der Waals surface area contributed by atoms with Crippen molar-refractivity contribution < 1.29 is 9.59 Å². The minimum Gasteiger partial charge on any atom is -0.356 e. The van der Waals surface area contributed by atoms with Crippen LogP contribution in [0.4, 0.5) is 0 Å². The highest BCUT2D eigenvalue weighted by Crippen LogP contribution is 1.73. The minimum atomic E-state index is -0.144. The van der Waals surface area contributed by atoms with E-state index in [1.165, 1.54) is 17.7 Å². The van der Waals surface area contributed by atoms with Crippen LogP contribution in [0, 0.1) is 0 Å². The van der Waals surface area contributed by atoms with Crippen LogP contribution in [0.5, 0.6) is 0 Å². The molecule has 0 aliphatic rings. The summed E-state index contributed by atoms with van der Waals surface area (Å²) in [6.07, 6.45) is 2.48. The summed E-state index contributed by atoms with van der Waals surface area (Å²) in [6, 6.07) is 0. The third-order valence-electron chi connectivity index (χ3n) is 0.968. The van der Waals surface area contributed by atoms with Crippen molar-refractivity contribution in [2.24, 2.45) is 0 Å². The lowest BCUT2D eigenvalue weighted by molar-refractivity contribution is -0.117. The summed E-state index contributed by atoms with van der Waals surface area (Å²) >= 11 is 0. The van der Waals surface area contributed by atoms with Crippen LogP contribution in [-0.2, 0) is 9.59 Å². The largest absolute Gasteiger partial charge is 0.356 e. The molecule has 0 fully saturated rings. The zero-order valence-electron chi connectivity index (χ0n) is 11.3. The molecular weight excluding hydrogens is 216 g/mol. The van der Waals surface area contributed by atoms with Gasteiger partial charge < -0.3 is 10.6 Å². The van der Waals surface area contributed by atoms with Crippen LogP contribution in [0.3, 0.4) is 0 Å². The Labute approximate surface area is 104 Å². The van der Waals surface area contributed by atoms with Gasteiger partial charge in [0, 0.05) is 13.6 Å². The minimum absolute atomic E-state index is 0.109. The molecule has 0 aliphatic heterocycles. The van der Waals surface area contributed by atoms with Crippen molar-refractivity contribution in [3.05, 3.63) is 37.5 Å². The van der Waals surface area contributed by atoms with E-state index in [1.807, 2.05) is 20.8 Å². The summed E-state index contributed by atoms with van der Waals surface area (Å²) in [4.78, 5) is 20.1. The van der Waals surface area contributed by atoms with Crippen LogP contribution in [-0.4, -0.2) is 25.4 Å². The highest BCUT2D eigenvalue weighted by atomic mass is 16.2. The molecular formula is C13H24N2O2. The van der Waals surface area contributed by atoms with Crippen molar-refractivity contribution in [3.63, 3.8) is 0 Å². The molecule has 0 aromatic carbocycles. The highest BCUT2D eigenvalue weighted by molar-refractivity contribution is 5.86. The first kappa shape index (κ1) is 20.6. The number of hydrogen-bond acceptors (Lipinski definition) is 2. The van der Waals surface area contributed by atoms with Crippen LogP contribution in [0.15, 0.2) is 37.5 Å². The Hall–Kier alpha value is -1.84. The Morgan fingerprint density at radius 1 is 1.12 bits per heavy atom. The van der Waals surface area contributed by atoms with Crippen molar-refractivity contribution in [1.82, 2.24) is 10.6 Å². The molecule has 0 bridgehead atoms. The molecule has 0 atom stereocenters. The van der Waals surface area contributed by atoms with Crippen molar-refractivity contribution >= 4 is 11.8 Å². The zero-order valence-corrected chi connectivity index (χ0v) is 11.3. The average Bonchev–Trinajstić information content (AvgIpc) is 2.28. The van der Waals surface area contributed by atoms with Gasteiger partial charge in [0.15, 0.2) is 0 Å². The van der Waals surface area contributed by atoms with E-state index in [4.69, 9.17) is 0 Å². The number of nitrogens with one attached hydrogen (secondary N) is 2. The first-order chi connectivity index (χ1) is 7.85. The van der Waals surface area contributed by atoms with E-state index in [2.05, 4.69) is 30.4 Å². The van der Waals surface area contributed by atoms with Gasteiger partial charge in [0.05, 0.1) is 0 Å².